The van der Waals surface area contributed by atoms with Crippen LogP contribution in [0.1, 0.15) is 41.0 Å². The van der Waals surface area contributed by atoms with Crippen molar-refractivity contribution in [1.29, 1.82) is 0 Å². The van der Waals surface area contributed by atoms with E-state index in [4.69, 9.17) is 0 Å². The summed E-state index contributed by atoms with van der Waals surface area (Å²) in [6.07, 6.45) is 0.733. The lowest BCUT2D eigenvalue weighted by molar-refractivity contribution is -0.150. The number of hydrogen-bond donors (Lipinski definition) is 1. The molecule has 0 aromatic carbocycles. The quantitative estimate of drug-likeness (QED) is 0.807. The molecule has 0 saturated carbocycles. The van der Waals surface area contributed by atoms with Crippen LogP contribution in [0.25, 0.3) is 0 Å². The largest absolute Gasteiger partial charge is 0.343 e. The molecule has 1 N–H and O–H groups in total. The number of carbonyl (C=O) groups excluding carboxylic acids is 2. The minimum atomic E-state index is -0.385. The van der Waals surface area contributed by atoms with Crippen molar-refractivity contribution < 1.29 is 9.59 Å². The summed E-state index contributed by atoms with van der Waals surface area (Å²) in [5, 5.41) is 2.76. The molecule has 17 heavy (non-hydrogen) atoms. The van der Waals surface area contributed by atoms with Crippen molar-refractivity contribution in [2.75, 3.05) is 6.54 Å². The van der Waals surface area contributed by atoms with E-state index >= 15 is 0 Å². The van der Waals surface area contributed by atoms with Gasteiger partial charge in [0.05, 0.1) is 0 Å². The second-order valence-corrected chi connectivity index (χ2v) is 5.76. The van der Waals surface area contributed by atoms with Crippen molar-refractivity contribution in [2.24, 2.45) is 11.8 Å². The van der Waals surface area contributed by atoms with Gasteiger partial charge in [-0.3, -0.25) is 9.59 Å². The van der Waals surface area contributed by atoms with E-state index in [0.29, 0.717) is 18.4 Å². The lowest BCUT2D eigenvalue weighted by Gasteiger charge is -2.39. The van der Waals surface area contributed by atoms with Gasteiger partial charge >= 0.3 is 0 Å². The Bertz CT molecular complexity index is 300. The third-order valence-electron chi connectivity index (χ3n) is 2.95. The molecule has 0 aromatic rings. The molecule has 0 aliphatic carbocycles. The molecule has 0 radical (unpaired) electrons. The van der Waals surface area contributed by atoms with Gasteiger partial charge in [-0.05, 0) is 25.2 Å². The Labute approximate surface area is 104 Å². The number of carbonyl (C=O) groups is 2. The van der Waals surface area contributed by atoms with Crippen LogP contribution in [0.3, 0.4) is 0 Å². The summed E-state index contributed by atoms with van der Waals surface area (Å²) in [4.78, 5) is 25.8. The monoisotopic (exact) mass is 240 g/mol. The van der Waals surface area contributed by atoms with Gasteiger partial charge in [0.1, 0.15) is 12.1 Å². The molecule has 2 amide bonds. The molecule has 4 nitrogen and oxygen atoms in total. The van der Waals surface area contributed by atoms with Crippen LogP contribution in [0, 0.1) is 11.8 Å². The Hall–Kier alpha value is -1.06. The van der Waals surface area contributed by atoms with Crippen molar-refractivity contribution >= 4 is 11.8 Å². The zero-order chi connectivity index (χ0) is 13.2. The highest BCUT2D eigenvalue weighted by molar-refractivity contribution is 5.96. The van der Waals surface area contributed by atoms with Crippen LogP contribution >= 0.6 is 0 Å². The highest BCUT2D eigenvalue weighted by Crippen LogP contribution is 2.18. The first kappa shape index (κ1) is 14.0. The molecule has 98 valence electrons. The van der Waals surface area contributed by atoms with Crippen LogP contribution in [0.15, 0.2) is 0 Å². The Morgan fingerprint density at radius 2 is 1.76 bits per heavy atom. The van der Waals surface area contributed by atoms with E-state index in [1.165, 1.54) is 0 Å². The van der Waals surface area contributed by atoms with Crippen molar-refractivity contribution in [3.63, 3.8) is 0 Å². The summed E-state index contributed by atoms with van der Waals surface area (Å²) >= 11 is 0. The van der Waals surface area contributed by atoms with Crippen LogP contribution in [0.2, 0.25) is 0 Å². The zero-order valence-electron chi connectivity index (χ0n) is 11.5. The standard InChI is InChI=1S/C13H24N2O2/c1-8(2)6-11-12(16)14-10(5)13(17)15(11)7-9(3)4/h8-11H,6-7H2,1-5H3,(H,14,16). The summed E-state index contributed by atoms with van der Waals surface area (Å²) < 4.78 is 0. The van der Waals surface area contributed by atoms with E-state index in [-0.39, 0.29) is 23.9 Å². The average Bonchev–Trinajstić information content (AvgIpc) is 2.19. The lowest BCUT2D eigenvalue weighted by Crippen LogP contribution is -2.63. The minimum absolute atomic E-state index is 0.00792. The normalized spacial score (nSPS) is 25.7. The third-order valence-corrected chi connectivity index (χ3v) is 2.95. The average molecular weight is 240 g/mol. The molecule has 1 heterocycles. The van der Waals surface area contributed by atoms with Crippen LogP contribution < -0.4 is 5.32 Å². The number of hydrogen-bond acceptors (Lipinski definition) is 2. The molecule has 4 heteroatoms. The van der Waals surface area contributed by atoms with E-state index in [0.717, 1.165) is 6.42 Å². The summed E-state index contributed by atoms with van der Waals surface area (Å²) in [5.41, 5.74) is 0. The predicted octanol–water partition coefficient (Wildman–Crippen LogP) is 1.40. The topological polar surface area (TPSA) is 49.4 Å². The highest BCUT2D eigenvalue weighted by Gasteiger charge is 2.38. The van der Waals surface area contributed by atoms with E-state index in [2.05, 4.69) is 33.0 Å². The van der Waals surface area contributed by atoms with E-state index in [1.54, 1.807) is 11.8 Å². The smallest absolute Gasteiger partial charge is 0.245 e. The first-order chi connectivity index (χ1) is 7.82. The summed E-state index contributed by atoms with van der Waals surface area (Å²) in [6, 6.07) is -0.675. The fourth-order valence-corrected chi connectivity index (χ4v) is 2.21. The Morgan fingerprint density at radius 3 is 2.24 bits per heavy atom. The van der Waals surface area contributed by atoms with Crippen LogP contribution in [0.5, 0.6) is 0 Å². The zero-order valence-corrected chi connectivity index (χ0v) is 11.5. The Morgan fingerprint density at radius 1 is 1.18 bits per heavy atom. The van der Waals surface area contributed by atoms with Gasteiger partial charge in [0, 0.05) is 6.54 Å². The molecular weight excluding hydrogens is 216 g/mol. The fourth-order valence-electron chi connectivity index (χ4n) is 2.21. The number of rotatable bonds is 4. The summed E-state index contributed by atoms with van der Waals surface area (Å²) in [6.45, 7) is 10.7. The maximum Gasteiger partial charge on any atom is 0.245 e. The maximum absolute atomic E-state index is 12.1. The summed E-state index contributed by atoms with van der Waals surface area (Å²) in [7, 11) is 0. The summed E-state index contributed by atoms with van der Waals surface area (Å²) in [5.74, 6) is 0.823. The Balaban J connectivity index is 2.87. The van der Waals surface area contributed by atoms with Crippen molar-refractivity contribution in [3.05, 3.63) is 0 Å². The van der Waals surface area contributed by atoms with Gasteiger partial charge in [0.2, 0.25) is 11.8 Å². The number of amides is 2. The van der Waals surface area contributed by atoms with Crippen LogP contribution in [0.4, 0.5) is 0 Å². The van der Waals surface area contributed by atoms with Gasteiger partial charge in [0.25, 0.3) is 0 Å². The van der Waals surface area contributed by atoms with Gasteiger partial charge in [-0.25, -0.2) is 0 Å². The molecule has 1 aliphatic rings. The lowest BCUT2D eigenvalue weighted by atomic mass is 9.97. The molecule has 1 rings (SSSR count). The molecule has 2 atom stereocenters. The first-order valence-corrected chi connectivity index (χ1v) is 6.43. The van der Waals surface area contributed by atoms with Gasteiger partial charge in [-0.2, -0.15) is 0 Å². The predicted molar refractivity (Wildman–Crippen MR) is 67.4 cm³/mol. The molecule has 1 saturated heterocycles. The fraction of sp³-hybridized carbons (Fsp3) is 0.846. The molecular formula is C13H24N2O2. The maximum atomic E-state index is 12.1. The molecule has 0 aromatic heterocycles. The van der Waals surface area contributed by atoms with Gasteiger partial charge in [-0.15, -0.1) is 0 Å². The number of nitrogens with zero attached hydrogens (tertiary/aromatic N) is 1. The first-order valence-electron chi connectivity index (χ1n) is 6.43. The van der Waals surface area contributed by atoms with Crippen molar-refractivity contribution in [2.45, 2.75) is 53.1 Å². The Kier molecular flexibility index (Phi) is 4.54. The van der Waals surface area contributed by atoms with Crippen molar-refractivity contribution in [1.82, 2.24) is 10.2 Å². The van der Waals surface area contributed by atoms with Crippen molar-refractivity contribution in [3.8, 4) is 0 Å². The van der Waals surface area contributed by atoms with E-state index in [1.807, 2.05) is 0 Å². The molecule has 1 fully saturated rings. The van der Waals surface area contributed by atoms with Gasteiger partial charge in [0.15, 0.2) is 0 Å². The van der Waals surface area contributed by atoms with E-state index in [9.17, 15) is 9.59 Å². The van der Waals surface area contributed by atoms with Gasteiger partial charge in [-0.1, -0.05) is 27.7 Å². The molecule has 0 spiro atoms. The van der Waals surface area contributed by atoms with Gasteiger partial charge < -0.3 is 10.2 Å². The van der Waals surface area contributed by atoms with E-state index < -0.39 is 0 Å². The second-order valence-electron chi connectivity index (χ2n) is 5.76. The second kappa shape index (κ2) is 5.52. The highest BCUT2D eigenvalue weighted by atomic mass is 16.2. The molecule has 2 unspecified atom stereocenters. The molecule has 0 bridgehead atoms. The van der Waals surface area contributed by atoms with Crippen LogP contribution in [-0.4, -0.2) is 35.3 Å². The number of piperazine rings is 1. The van der Waals surface area contributed by atoms with Crippen LogP contribution in [-0.2, 0) is 9.59 Å². The molecule has 1 aliphatic heterocycles. The third kappa shape index (κ3) is 3.45. The number of nitrogens with one attached hydrogen (secondary N) is 1. The SMILES string of the molecule is CC(C)CC1C(=O)NC(C)C(=O)N1CC(C)C. The minimum Gasteiger partial charge on any atom is -0.343 e.